The summed E-state index contributed by atoms with van der Waals surface area (Å²) in [4.78, 5) is 14.5. The van der Waals surface area contributed by atoms with Gasteiger partial charge in [0.2, 0.25) is 0 Å². The highest BCUT2D eigenvalue weighted by Crippen LogP contribution is 2.16. The number of aromatic nitrogens is 1. The Morgan fingerprint density at radius 3 is 1.81 bits per heavy atom. The monoisotopic (exact) mass is 720 g/mol. The largest absolute Gasteiger partial charge is 0.478 e. The summed E-state index contributed by atoms with van der Waals surface area (Å²) in [6.45, 7) is 31.8. The van der Waals surface area contributed by atoms with Crippen molar-refractivity contribution in [2.45, 2.75) is 154 Å². The van der Waals surface area contributed by atoms with Gasteiger partial charge in [-0.15, -0.1) is 0 Å². The van der Waals surface area contributed by atoms with Gasteiger partial charge in [-0.3, -0.25) is 4.98 Å². The maximum absolute atomic E-state index is 12.5. The Balaban J connectivity index is -0.000000576. The quantitative estimate of drug-likeness (QED) is 0.133. The van der Waals surface area contributed by atoms with Crippen LogP contribution >= 0.6 is 0 Å². The summed E-state index contributed by atoms with van der Waals surface area (Å²) in [7, 11) is 0. The standard InChI is InChI=1S/C11H15F.C10H22.C9H9NO2.C8H10.C8H16.C2H6/c1-2-3-4-5-10-6-8-11(12)9-7-10;1-5-6-10(4)8-7-9(2)3;1-6(2)8-5-7(9(11)12)3-4-10-8;1-2-8-6-4-3-5-7-8;1-5-8(4)6-7(2)3;1-2/h6-9H,2-5H2,1H3;9-10H,5-8H2,1-4H3;3-5H,1H2,2H3,(H,11,12);3-7H,2H2,1H3;5,7H,6H2,1-4H3;1-2H3/b;;;;8-5+;. The van der Waals surface area contributed by atoms with Crippen LogP contribution in [-0.4, -0.2) is 16.1 Å². The molecule has 0 saturated heterocycles. The third-order valence-electron chi connectivity index (χ3n) is 7.92. The second-order valence-corrected chi connectivity index (χ2v) is 14.0. The highest BCUT2D eigenvalue weighted by molar-refractivity contribution is 5.88. The molecule has 1 N–H and O–H groups in total. The lowest BCUT2D eigenvalue weighted by Crippen LogP contribution is -1.97. The molecule has 3 nitrogen and oxygen atoms in total. The average molecular weight is 720 g/mol. The van der Waals surface area contributed by atoms with Crippen molar-refractivity contribution >= 4 is 11.5 Å². The third-order valence-corrected chi connectivity index (χ3v) is 7.92. The highest BCUT2D eigenvalue weighted by Gasteiger charge is 2.04. The third kappa shape index (κ3) is 33.6. The van der Waals surface area contributed by atoms with E-state index in [4.69, 9.17) is 5.11 Å². The van der Waals surface area contributed by atoms with E-state index < -0.39 is 5.97 Å². The van der Waals surface area contributed by atoms with Crippen molar-refractivity contribution < 1.29 is 14.3 Å². The van der Waals surface area contributed by atoms with Crippen molar-refractivity contribution in [3.8, 4) is 0 Å². The molecule has 0 radical (unpaired) electrons. The number of aryl methyl sites for hydroxylation is 2. The lowest BCUT2D eigenvalue weighted by atomic mass is 9.96. The molecule has 294 valence electrons. The van der Waals surface area contributed by atoms with Crippen molar-refractivity contribution in [3.05, 3.63) is 119 Å². The van der Waals surface area contributed by atoms with Gasteiger partial charge in [0.1, 0.15) is 5.82 Å². The van der Waals surface area contributed by atoms with Crippen LogP contribution in [0.3, 0.4) is 0 Å². The van der Waals surface area contributed by atoms with Crippen LogP contribution in [-0.2, 0) is 12.8 Å². The minimum absolute atomic E-state index is 0.144. The molecule has 1 aromatic heterocycles. The van der Waals surface area contributed by atoms with E-state index >= 15 is 0 Å². The van der Waals surface area contributed by atoms with Crippen molar-refractivity contribution in [1.82, 2.24) is 4.98 Å². The average Bonchev–Trinajstić information content (AvgIpc) is 3.14. The first-order valence-corrected chi connectivity index (χ1v) is 20.0. The molecule has 52 heavy (non-hydrogen) atoms. The van der Waals surface area contributed by atoms with E-state index in [1.54, 1.807) is 6.92 Å². The van der Waals surface area contributed by atoms with E-state index in [0.717, 1.165) is 36.2 Å². The van der Waals surface area contributed by atoms with E-state index in [1.165, 1.54) is 98.5 Å². The Morgan fingerprint density at radius 2 is 1.40 bits per heavy atom. The minimum atomic E-state index is -0.945. The van der Waals surface area contributed by atoms with Crippen LogP contribution in [0.15, 0.2) is 91.2 Å². The van der Waals surface area contributed by atoms with Gasteiger partial charge in [-0.05, 0) is 105 Å². The molecule has 0 spiro atoms. The molecule has 0 fully saturated rings. The number of carboxylic acid groups (broad SMARTS) is 1. The maximum Gasteiger partial charge on any atom is 0.335 e. The van der Waals surface area contributed by atoms with Gasteiger partial charge in [-0.1, -0.05) is 168 Å². The van der Waals surface area contributed by atoms with Crippen molar-refractivity contribution in [2.75, 3.05) is 0 Å². The number of hydrogen-bond acceptors (Lipinski definition) is 2. The van der Waals surface area contributed by atoms with Crippen molar-refractivity contribution in [1.29, 1.82) is 0 Å². The number of rotatable bonds is 14. The molecule has 3 aromatic rings. The summed E-state index contributed by atoms with van der Waals surface area (Å²) in [5.41, 5.74) is 5.77. The van der Waals surface area contributed by atoms with E-state index in [1.807, 2.05) is 32.0 Å². The van der Waals surface area contributed by atoms with Gasteiger partial charge in [0, 0.05) is 6.20 Å². The molecule has 0 bridgehead atoms. The fraction of sp³-hybridized carbons (Fsp3) is 0.542. The molecule has 0 aliphatic heterocycles. The van der Waals surface area contributed by atoms with Gasteiger partial charge >= 0.3 is 5.97 Å². The van der Waals surface area contributed by atoms with Gasteiger partial charge < -0.3 is 5.11 Å². The van der Waals surface area contributed by atoms with E-state index in [-0.39, 0.29) is 11.4 Å². The first-order chi connectivity index (χ1) is 24.7. The number of carbonyl (C=O) groups is 1. The summed E-state index contributed by atoms with van der Waals surface area (Å²) in [5, 5.41) is 8.63. The molecule has 1 atom stereocenters. The van der Waals surface area contributed by atoms with E-state index in [0.29, 0.717) is 5.69 Å². The molecule has 2 aromatic carbocycles. The second-order valence-electron chi connectivity index (χ2n) is 14.0. The lowest BCUT2D eigenvalue weighted by molar-refractivity contribution is 0.0696. The molecular formula is C48H78FNO2. The molecule has 0 aliphatic carbocycles. The zero-order valence-electron chi connectivity index (χ0n) is 35.7. The zero-order chi connectivity index (χ0) is 40.3. The Morgan fingerprint density at radius 1 is 0.808 bits per heavy atom. The molecule has 4 heteroatoms. The number of nitrogens with zero attached hydrogens (tertiary/aromatic N) is 1. The summed E-state index contributed by atoms with van der Waals surface area (Å²) in [5.74, 6) is 1.56. The number of benzene rings is 2. The summed E-state index contributed by atoms with van der Waals surface area (Å²) < 4.78 is 12.5. The Kier molecular flexibility index (Phi) is 36.4. The minimum Gasteiger partial charge on any atom is -0.478 e. The fourth-order valence-electron chi connectivity index (χ4n) is 4.76. The van der Waals surface area contributed by atoms with Crippen LogP contribution in [0.5, 0.6) is 0 Å². The number of allylic oxidation sites excluding steroid dienone is 3. The normalized spacial score (nSPS) is 10.7. The van der Waals surface area contributed by atoms with E-state index in [2.05, 4.69) is 111 Å². The summed E-state index contributed by atoms with van der Waals surface area (Å²) in [6, 6.07) is 20.2. The Hall–Kier alpha value is -3.53. The number of pyridine rings is 1. The van der Waals surface area contributed by atoms with Gasteiger partial charge in [-0.25, -0.2) is 9.18 Å². The van der Waals surface area contributed by atoms with Crippen molar-refractivity contribution in [2.24, 2.45) is 17.8 Å². The van der Waals surface area contributed by atoms with Crippen LogP contribution in [0.1, 0.15) is 169 Å². The number of aromatic carboxylic acids is 1. The topological polar surface area (TPSA) is 50.2 Å². The lowest BCUT2D eigenvalue weighted by Gasteiger charge is -2.10. The first kappa shape index (κ1) is 52.8. The molecule has 1 unspecified atom stereocenters. The van der Waals surface area contributed by atoms with E-state index in [9.17, 15) is 9.18 Å². The van der Waals surface area contributed by atoms with Gasteiger partial charge in [0.15, 0.2) is 0 Å². The summed E-state index contributed by atoms with van der Waals surface area (Å²) in [6.07, 6.45) is 16.4. The Labute approximate surface area is 321 Å². The molecule has 0 amide bonds. The molecular weight excluding hydrogens is 642 g/mol. The van der Waals surface area contributed by atoms with Gasteiger partial charge in [-0.2, -0.15) is 0 Å². The molecule has 3 rings (SSSR count). The smallest absolute Gasteiger partial charge is 0.335 e. The second kappa shape index (κ2) is 35.9. The molecule has 0 aliphatic rings. The molecule has 0 saturated carbocycles. The van der Waals surface area contributed by atoms with Crippen molar-refractivity contribution in [3.63, 3.8) is 0 Å². The first-order valence-electron chi connectivity index (χ1n) is 20.0. The van der Waals surface area contributed by atoms with Crippen LogP contribution in [0.25, 0.3) is 5.57 Å². The fourth-order valence-corrected chi connectivity index (χ4v) is 4.76. The predicted octanol–water partition coefficient (Wildman–Crippen LogP) is 15.5. The number of unbranched alkanes of at least 4 members (excludes halogenated alkanes) is 2. The van der Waals surface area contributed by atoms with Gasteiger partial charge in [0.25, 0.3) is 0 Å². The number of carboxylic acids is 1. The maximum atomic E-state index is 12.5. The number of hydrogen-bond donors (Lipinski definition) is 1. The predicted molar refractivity (Wildman–Crippen MR) is 230 cm³/mol. The zero-order valence-corrected chi connectivity index (χ0v) is 35.7. The van der Waals surface area contributed by atoms with Gasteiger partial charge in [0.05, 0.1) is 11.3 Å². The molecule has 1 heterocycles. The van der Waals surface area contributed by atoms with Crippen LogP contribution in [0.2, 0.25) is 0 Å². The van der Waals surface area contributed by atoms with Crippen LogP contribution < -0.4 is 0 Å². The SMILES string of the molecule is C/C=C(\C)CC(C)C.C=C(C)c1cc(C(=O)O)ccn1.CC.CCCC(C)CCC(C)C.CCCCCc1ccc(F)cc1.CCc1ccccc1. The summed E-state index contributed by atoms with van der Waals surface area (Å²) >= 11 is 0. The van der Waals surface area contributed by atoms with Crippen LogP contribution in [0, 0.1) is 23.6 Å². The Bertz CT molecular complexity index is 1250. The highest BCUT2D eigenvalue weighted by atomic mass is 19.1. The number of halogens is 1. The van der Waals surface area contributed by atoms with Crippen LogP contribution in [0.4, 0.5) is 4.39 Å².